The maximum Gasteiger partial charge on any atom is 0.251 e. The predicted molar refractivity (Wildman–Crippen MR) is 100 cm³/mol. The molecule has 0 aromatic heterocycles. The molecule has 0 spiro atoms. The number of methoxy groups -OCH3 is 1. The predicted octanol–water partition coefficient (Wildman–Crippen LogP) is 2.28. The van der Waals surface area contributed by atoms with Crippen molar-refractivity contribution in [1.82, 2.24) is 15.5 Å². The molecule has 2 aliphatic rings. The Morgan fingerprint density at radius 2 is 2.08 bits per heavy atom. The molecule has 1 amide bonds. The number of hydrogen-bond acceptors (Lipinski definition) is 4. The van der Waals surface area contributed by atoms with E-state index in [0.717, 1.165) is 24.5 Å². The number of nitrogens with zero attached hydrogens (tertiary/aromatic N) is 1. The largest absolute Gasteiger partial charge is 0.497 e. The van der Waals surface area contributed by atoms with E-state index in [1.54, 1.807) is 13.2 Å². The Morgan fingerprint density at radius 3 is 2.80 bits per heavy atom. The number of benzene rings is 1. The second-order valence-electron chi connectivity index (χ2n) is 7.49. The zero-order chi connectivity index (χ0) is 17.6. The van der Waals surface area contributed by atoms with Gasteiger partial charge in [-0.25, -0.2) is 0 Å². The number of amides is 1. The SMILES string of the molecule is COc1cccc(C(=O)NC2CC(N(C)CCC3CCNCC3)C2)c1. The van der Waals surface area contributed by atoms with Crippen molar-refractivity contribution in [3.8, 4) is 5.75 Å². The molecule has 0 bridgehead atoms. The summed E-state index contributed by atoms with van der Waals surface area (Å²) in [4.78, 5) is 14.8. The van der Waals surface area contributed by atoms with E-state index in [2.05, 4.69) is 22.6 Å². The van der Waals surface area contributed by atoms with E-state index in [4.69, 9.17) is 4.74 Å². The Hall–Kier alpha value is -1.59. The summed E-state index contributed by atoms with van der Waals surface area (Å²) in [6, 6.07) is 8.23. The van der Waals surface area contributed by atoms with Gasteiger partial charge < -0.3 is 20.3 Å². The van der Waals surface area contributed by atoms with E-state index in [1.807, 2.05) is 18.2 Å². The van der Waals surface area contributed by atoms with Gasteiger partial charge in [-0.2, -0.15) is 0 Å². The number of carbonyl (C=O) groups is 1. The molecular weight excluding hydrogens is 314 g/mol. The smallest absolute Gasteiger partial charge is 0.251 e. The van der Waals surface area contributed by atoms with Crippen molar-refractivity contribution in [2.45, 2.75) is 44.2 Å². The molecule has 1 heterocycles. The number of ether oxygens (including phenoxy) is 1. The fraction of sp³-hybridized carbons (Fsp3) is 0.650. The van der Waals surface area contributed by atoms with Crippen LogP contribution in [0.5, 0.6) is 5.75 Å². The number of carbonyl (C=O) groups excluding carboxylic acids is 1. The topological polar surface area (TPSA) is 53.6 Å². The lowest BCUT2D eigenvalue weighted by atomic mass is 9.85. The first-order chi connectivity index (χ1) is 12.2. The summed E-state index contributed by atoms with van der Waals surface area (Å²) in [6.45, 7) is 3.53. The molecule has 1 aromatic rings. The Bertz CT molecular complexity index is 566. The average molecular weight is 345 g/mol. The molecule has 1 saturated heterocycles. The van der Waals surface area contributed by atoms with E-state index >= 15 is 0 Å². The highest BCUT2D eigenvalue weighted by Crippen LogP contribution is 2.26. The van der Waals surface area contributed by atoms with Crippen molar-refractivity contribution in [2.24, 2.45) is 5.92 Å². The highest BCUT2D eigenvalue weighted by molar-refractivity contribution is 5.94. The van der Waals surface area contributed by atoms with E-state index in [1.165, 1.54) is 38.9 Å². The molecule has 1 saturated carbocycles. The molecule has 25 heavy (non-hydrogen) atoms. The van der Waals surface area contributed by atoms with Gasteiger partial charge in [0.25, 0.3) is 5.91 Å². The molecule has 0 unspecified atom stereocenters. The second kappa shape index (κ2) is 8.68. The van der Waals surface area contributed by atoms with Crippen LogP contribution in [0, 0.1) is 5.92 Å². The minimum atomic E-state index is -0.000270. The van der Waals surface area contributed by atoms with Gasteiger partial charge in [-0.15, -0.1) is 0 Å². The van der Waals surface area contributed by atoms with E-state index in [-0.39, 0.29) is 5.91 Å². The molecule has 2 fully saturated rings. The lowest BCUT2D eigenvalue weighted by molar-refractivity contribution is 0.0808. The first-order valence-electron chi connectivity index (χ1n) is 9.51. The molecule has 5 nitrogen and oxygen atoms in total. The van der Waals surface area contributed by atoms with Gasteiger partial charge in [-0.3, -0.25) is 4.79 Å². The quantitative estimate of drug-likeness (QED) is 0.796. The molecule has 0 atom stereocenters. The summed E-state index contributed by atoms with van der Waals surface area (Å²) < 4.78 is 5.19. The van der Waals surface area contributed by atoms with Crippen LogP contribution in [0.15, 0.2) is 24.3 Å². The summed E-state index contributed by atoms with van der Waals surface area (Å²) in [5, 5.41) is 6.58. The summed E-state index contributed by atoms with van der Waals surface area (Å²) in [5.74, 6) is 1.60. The van der Waals surface area contributed by atoms with Crippen LogP contribution in [0.1, 0.15) is 42.5 Å². The highest BCUT2D eigenvalue weighted by atomic mass is 16.5. The number of hydrogen-bond donors (Lipinski definition) is 2. The normalized spacial score (nSPS) is 24.0. The van der Waals surface area contributed by atoms with Gasteiger partial charge >= 0.3 is 0 Å². The van der Waals surface area contributed by atoms with Gasteiger partial charge in [0.05, 0.1) is 7.11 Å². The third-order valence-corrected chi connectivity index (χ3v) is 5.75. The molecule has 138 valence electrons. The lowest BCUT2D eigenvalue weighted by Gasteiger charge is -2.42. The van der Waals surface area contributed by atoms with Crippen LogP contribution in [0.25, 0.3) is 0 Å². The Kier molecular flexibility index (Phi) is 6.32. The zero-order valence-electron chi connectivity index (χ0n) is 15.5. The summed E-state index contributed by atoms with van der Waals surface area (Å²) >= 11 is 0. The zero-order valence-corrected chi connectivity index (χ0v) is 15.5. The minimum absolute atomic E-state index is 0.000270. The fourth-order valence-corrected chi connectivity index (χ4v) is 3.84. The molecule has 1 aliphatic carbocycles. The van der Waals surface area contributed by atoms with Gasteiger partial charge in [0.1, 0.15) is 5.75 Å². The van der Waals surface area contributed by atoms with Crippen molar-refractivity contribution < 1.29 is 9.53 Å². The third kappa shape index (κ3) is 4.95. The van der Waals surface area contributed by atoms with Crippen LogP contribution in [-0.2, 0) is 0 Å². The van der Waals surface area contributed by atoms with Gasteiger partial charge in [-0.1, -0.05) is 6.07 Å². The minimum Gasteiger partial charge on any atom is -0.497 e. The monoisotopic (exact) mass is 345 g/mol. The average Bonchev–Trinajstić information content (AvgIpc) is 2.63. The fourth-order valence-electron chi connectivity index (χ4n) is 3.84. The summed E-state index contributed by atoms with van der Waals surface area (Å²) in [6.07, 6.45) is 6.04. The Balaban J connectivity index is 1.37. The van der Waals surface area contributed by atoms with E-state index in [0.29, 0.717) is 17.6 Å². The number of piperidine rings is 1. The molecular formula is C20H31N3O2. The lowest BCUT2D eigenvalue weighted by Crippen LogP contribution is -2.53. The van der Waals surface area contributed by atoms with Crippen LogP contribution in [0.2, 0.25) is 0 Å². The molecule has 3 rings (SSSR count). The Labute approximate surface area is 151 Å². The molecule has 0 radical (unpaired) electrons. The van der Waals surface area contributed by atoms with Crippen LogP contribution >= 0.6 is 0 Å². The van der Waals surface area contributed by atoms with Crippen molar-refractivity contribution in [3.63, 3.8) is 0 Å². The first-order valence-corrected chi connectivity index (χ1v) is 9.51. The molecule has 5 heteroatoms. The van der Waals surface area contributed by atoms with Gasteiger partial charge in [0, 0.05) is 17.6 Å². The van der Waals surface area contributed by atoms with E-state index < -0.39 is 0 Å². The summed E-state index contributed by atoms with van der Waals surface area (Å²) in [7, 11) is 3.85. The summed E-state index contributed by atoms with van der Waals surface area (Å²) in [5.41, 5.74) is 0.669. The maximum atomic E-state index is 12.3. The van der Waals surface area contributed by atoms with Crippen LogP contribution in [0.3, 0.4) is 0 Å². The van der Waals surface area contributed by atoms with Crippen molar-refractivity contribution in [3.05, 3.63) is 29.8 Å². The van der Waals surface area contributed by atoms with Crippen LogP contribution < -0.4 is 15.4 Å². The first kappa shape index (κ1) is 18.2. The molecule has 2 N–H and O–H groups in total. The molecule has 1 aliphatic heterocycles. The van der Waals surface area contributed by atoms with Crippen molar-refractivity contribution in [2.75, 3.05) is 33.8 Å². The van der Waals surface area contributed by atoms with Gasteiger partial charge in [0.15, 0.2) is 0 Å². The second-order valence-corrected chi connectivity index (χ2v) is 7.49. The number of nitrogens with one attached hydrogen (secondary N) is 2. The van der Waals surface area contributed by atoms with Crippen LogP contribution in [-0.4, -0.2) is 56.7 Å². The standard InChI is InChI=1S/C20H31N3O2/c1-23(11-8-15-6-9-21-10-7-15)18-13-17(14-18)22-20(24)16-4-3-5-19(12-16)25-2/h3-5,12,15,17-18,21H,6-11,13-14H2,1-2H3,(H,22,24). The van der Waals surface area contributed by atoms with Gasteiger partial charge in [0.2, 0.25) is 0 Å². The van der Waals surface area contributed by atoms with Gasteiger partial charge in [-0.05, 0) is 82.9 Å². The van der Waals surface area contributed by atoms with Crippen LogP contribution in [0.4, 0.5) is 0 Å². The van der Waals surface area contributed by atoms with Crippen molar-refractivity contribution >= 4 is 5.91 Å². The maximum absolute atomic E-state index is 12.3. The molecule has 1 aromatic carbocycles. The highest BCUT2D eigenvalue weighted by Gasteiger charge is 2.33. The number of rotatable bonds is 7. The van der Waals surface area contributed by atoms with Crippen molar-refractivity contribution in [1.29, 1.82) is 0 Å². The third-order valence-electron chi connectivity index (χ3n) is 5.75. The Morgan fingerprint density at radius 1 is 1.32 bits per heavy atom. The van der Waals surface area contributed by atoms with E-state index in [9.17, 15) is 4.79 Å².